The summed E-state index contributed by atoms with van der Waals surface area (Å²) in [5.74, 6) is -0.259. The maximum atomic E-state index is 11.7. The SMILES string of the molecule is CC(C)(N)C(=O)OC1CCC2(CCCC2)CC1.Cl. The van der Waals surface area contributed by atoms with E-state index < -0.39 is 5.54 Å². The molecule has 2 aliphatic rings. The number of carbonyl (C=O) groups excluding carboxylic acids is 1. The Morgan fingerprint density at radius 3 is 2.11 bits per heavy atom. The molecule has 0 unspecified atom stereocenters. The van der Waals surface area contributed by atoms with Gasteiger partial charge in [0.2, 0.25) is 0 Å². The Morgan fingerprint density at radius 2 is 1.67 bits per heavy atom. The predicted molar refractivity (Wildman–Crippen MR) is 74.8 cm³/mol. The smallest absolute Gasteiger partial charge is 0.325 e. The second kappa shape index (κ2) is 5.79. The third-order valence-electron chi connectivity index (χ3n) is 4.46. The Kier molecular flexibility index (Phi) is 5.07. The van der Waals surface area contributed by atoms with Crippen LogP contribution >= 0.6 is 12.4 Å². The normalized spacial score (nSPS) is 23.7. The van der Waals surface area contributed by atoms with Crippen LogP contribution in [0.4, 0.5) is 0 Å². The van der Waals surface area contributed by atoms with Crippen molar-refractivity contribution in [2.45, 2.75) is 76.9 Å². The number of rotatable bonds is 2. The van der Waals surface area contributed by atoms with E-state index in [4.69, 9.17) is 10.5 Å². The second-order valence-corrected chi connectivity index (χ2v) is 6.53. The number of hydrogen-bond acceptors (Lipinski definition) is 3. The van der Waals surface area contributed by atoms with Gasteiger partial charge in [-0.25, -0.2) is 0 Å². The summed E-state index contributed by atoms with van der Waals surface area (Å²) < 4.78 is 5.49. The fraction of sp³-hybridized carbons (Fsp3) is 0.929. The van der Waals surface area contributed by atoms with Crippen LogP contribution in [0, 0.1) is 5.41 Å². The molecule has 2 aliphatic carbocycles. The number of nitrogens with two attached hydrogens (primary N) is 1. The van der Waals surface area contributed by atoms with Gasteiger partial charge in [0.15, 0.2) is 0 Å². The Labute approximate surface area is 116 Å². The molecule has 4 heteroatoms. The second-order valence-electron chi connectivity index (χ2n) is 6.53. The first-order valence-electron chi connectivity index (χ1n) is 6.91. The van der Waals surface area contributed by atoms with Crippen LogP contribution in [-0.2, 0) is 9.53 Å². The van der Waals surface area contributed by atoms with Gasteiger partial charge in [0.05, 0.1) is 0 Å². The minimum atomic E-state index is -0.859. The van der Waals surface area contributed by atoms with E-state index in [1.807, 2.05) is 0 Å². The first kappa shape index (κ1) is 15.8. The highest BCUT2D eigenvalue weighted by molar-refractivity contribution is 5.85. The topological polar surface area (TPSA) is 52.3 Å². The van der Waals surface area contributed by atoms with Gasteiger partial charge in [0, 0.05) is 0 Å². The van der Waals surface area contributed by atoms with Crippen LogP contribution in [0.5, 0.6) is 0 Å². The van der Waals surface area contributed by atoms with E-state index in [2.05, 4.69) is 0 Å². The summed E-state index contributed by atoms with van der Waals surface area (Å²) in [6.45, 7) is 3.41. The number of ether oxygens (including phenoxy) is 1. The van der Waals surface area contributed by atoms with Crippen LogP contribution in [0.1, 0.15) is 65.2 Å². The number of halogens is 1. The quantitative estimate of drug-likeness (QED) is 0.788. The Bertz CT molecular complexity index is 283. The maximum absolute atomic E-state index is 11.7. The molecule has 2 saturated carbocycles. The van der Waals surface area contributed by atoms with E-state index >= 15 is 0 Å². The van der Waals surface area contributed by atoms with E-state index in [9.17, 15) is 4.79 Å². The Hall–Kier alpha value is -0.280. The van der Waals surface area contributed by atoms with E-state index in [-0.39, 0.29) is 24.5 Å². The molecule has 0 aromatic rings. The van der Waals surface area contributed by atoms with Gasteiger partial charge in [-0.2, -0.15) is 0 Å². The lowest BCUT2D eigenvalue weighted by molar-refractivity contribution is -0.157. The molecule has 0 atom stereocenters. The zero-order valence-electron chi connectivity index (χ0n) is 11.5. The minimum Gasteiger partial charge on any atom is -0.461 e. The van der Waals surface area contributed by atoms with E-state index in [1.165, 1.54) is 38.5 Å². The minimum absolute atomic E-state index is 0. The fourth-order valence-electron chi connectivity index (χ4n) is 3.25. The molecule has 2 rings (SSSR count). The average molecular weight is 276 g/mol. The molecule has 1 spiro atoms. The summed E-state index contributed by atoms with van der Waals surface area (Å²) in [6, 6.07) is 0. The number of esters is 1. The van der Waals surface area contributed by atoms with Gasteiger partial charge in [-0.1, -0.05) is 12.8 Å². The molecule has 0 aliphatic heterocycles. The van der Waals surface area contributed by atoms with Crippen molar-refractivity contribution >= 4 is 18.4 Å². The molecule has 0 bridgehead atoms. The van der Waals surface area contributed by atoms with Crippen LogP contribution < -0.4 is 5.73 Å². The molecule has 18 heavy (non-hydrogen) atoms. The summed E-state index contributed by atoms with van der Waals surface area (Å²) in [6.07, 6.45) is 10.2. The van der Waals surface area contributed by atoms with E-state index in [1.54, 1.807) is 13.8 Å². The highest BCUT2D eigenvalue weighted by Gasteiger charge is 2.39. The van der Waals surface area contributed by atoms with Crippen molar-refractivity contribution in [3.05, 3.63) is 0 Å². The van der Waals surface area contributed by atoms with Crippen LogP contribution in [0.2, 0.25) is 0 Å². The fourth-order valence-corrected chi connectivity index (χ4v) is 3.25. The standard InChI is InChI=1S/C14H25NO2.ClH/c1-13(2,15)12(16)17-11-5-9-14(10-6-11)7-3-4-8-14;/h11H,3-10,15H2,1-2H3;1H. The van der Waals surface area contributed by atoms with Gasteiger partial charge < -0.3 is 10.5 Å². The third-order valence-corrected chi connectivity index (χ3v) is 4.46. The molecule has 106 valence electrons. The molecule has 0 radical (unpaired) electrons. The summed E-state index contributed by atoms with van der Waals surface area (Å²) in [5.41, 5.74) is 5.48. The highest BCUT2D eigenvalue weighted by atomic mass is 35.5. The summed E-state index contributed by atoms with van der Waals surface area (Å²) in [5, 5.41) is 0. The molecule has 2 fully saturated rings. The average Bonchev–Trinajstić information content (AvgIpc) is 2.69. The molecule has 0 aromatic carbocycles. The molecular formula is C14H26ClNO2. The van der Waals surface area contributed by atoms with Crippen molar-refractivity contribution in [3.63, 3.8) is 0 Å². The van der Waals surface area contributed by atoms with Gasteiger partial charge in [-0.05, 0) is 57.8 Å². The third kappa shape index (κ3) is 3.61. The molecule has 0 saturated heterocycles. The monoisotopic (exact) mass is 275 g/mol. The van der Waals surface area contributed by atoms with Crippen molar-refractivity contribution in [2.24, 2.45) is 11.1 Å². The van der Waals surface area contributed by atoms with Crippen LogP contribution in [0.25, 0.3) is 0 Å². The molecule has 0 amide bonds. The van der Waals surface area contributed by atoms with Crippen LogP contribution in [0.3, 0.4) is 0 Å². The summed E-state index contributed by atoms with van der Waals surface area (Å²) in [4.78, 5) is 11.7. The molecule has 0 heterocycles. The predicted octanol–water partition coefficient (Wildman–Crippen LogP) is 3.19. The van der Waals surface area contributed by atoms with Crippen molar-refractivity contribution in [1.82, 2.24) is 0 Å². The summed E-state index contributed by atoms with van der Waals surface area (Å²) >= 11 is 0. The van der Waals surface area contributed by atoms with Crippen molar-refractivity contribution in [1.29, 1.82) is 0 Å². The highest BCUT2D eigenvalue weighted by Crippen LogP contribution is 2.49. The van der Waals surface area contributed by atoms with Gasteiger partial charge in [0.25, 0.3) is 0 Å². The lowest BCUT2D eigenvalue weighted by Gasteiger charge is -2.37. The zero-order chi connectivity index (χ0) is 12.5. The number of hydrogen-bond donors (Lipinski definition) is 1. The van der Waals surface area contributed by atoms with Crippen LogP contribution in [0.15, 0.2) is 0 Å². The van der Waals surface area contributed by atoms with Crippen LogP contribution in [-0.4, -0.2) is 17.6 Å². The van der Waals surface area contributed by atoms with E-state index in [0.717, 1.165) is 12.8 Å². The first-order valence-corrected chi connectivity index (χ1v) is 6.91. The lowest BCUT2D eigenvalue weighted by Crippen LogP contribution is -2.45. The van der Waals surface area contributed by atoms with Gasteiger partial charge in [-0.3, -0.25) is 4.79 Å². The molecule has 0 aromatic heterocycles. The Balaban J connectivity index is 0.00000162. The Morgan fingerprint density at radius 1 is 1.17 bits per heavy atom. The van der Waals surface area contributed by atoms with Gasteiger partial charge >= 0.3 is 5.97 Å². The first-order chi connectivity index (χ1) is 7.91. The van der Waals surface area contributed by atoms with Crippen molar-refractivity contribution in [2.75, 3.05) is 0 Å². The van der Waals surface area contributed by atoms with Gasteiger partial charge in [-0.15, -0.1) is 12.4 Å². The molecule has 3 nitrogen and oxygen atoms in total. The van der Waals surface area contributed by atoms with Crippen molar-refractivity contribution in [3.8, 4) is 0 Å². The summed E-state index contributed by atoms with van der Waals surface area (Å²) in [7, 11) is 0. The van der Waals surface area contributed by atoms with E-state index in [0.29, 0.717) is 5.41 Å². The van der Waals surface area contributed by atoms with Gasteiger partial charge in [0.1, 0.15) is 11.6 Å². The zero-order valence-corrected chi connectivity index (χ0v) is 12.4. The number of carbonyl (C=O) groups is 1. The maximum Gasteiger partial charge on any atom is 0.325 e. The molecular weight excluding hydrogens is 250 g/mol. The lowest BCUT2D eigenvalue weighted by atomic mass is 9.72. The molecule has 2 N–H and O–H groups in total. The largest absolute Gasteiger partial charge is 0.461 e. The van der Waals surface area contributed by atoms with Crippen molar-refractivity contribution < 1.29 is 9.53 Å².